The lowest BCUT2D eigenvalue weighted by Crippen LogP contribution is -2.46. The molecule has 3 aromatic rings. The largest absolute Gasteiger partial charge is 0.492 e. The third-order valence-electron chi connectivity index (χ3n) is 7.57. The molecule has 1 aromatic carbocycles. The zero-order valence-electron chi connectivity index (χ0n) is 19.1. The number of aromatic nitrogens is 2. The van der Waals surface area contributed by atoms with E-state index in [0.29, 0.717) is 40.8 Å². The van der Waals surface area contributed by atoms with Crippen LogP contribution in [0.3, 0.4) is 0 Å². The van der Waals surface area contributed by atoms with Crippen LogP contribution in [0.15, 0.2) is 15.7 Å². The normalized spacial score (nSPS) is 19.6. The van der Waals surface area contributed by atoms with Crippen LogP contribution in [0, 0.1) is 11.7 Å². The van der Waals surface area contributed by atoms with E-state index in [9.17, 15) is 9.59 Å². The number of halogens is 1. The standard InChI is InChI=1S/C23H29FN4O3S/c1-23(2,26(3)4)12-8-9-27(11-12)18-15(24)10-14-17(20(18)31-5)28(13-6-7-13)22-16(19(14)29)21(30)25-32-22/h10,12-13H,6-9,11H2,1-5H3,(H,25,30). The number of aromatic amines is 1. The molecule has 1 aliphatic heterocycles. The second kappa shape index (κ2) is 7.31. The molecule has 1 saturated carbocycles. The van der Waals surface area contributed by atoms with Crippen LogP contribution in [0.5, 0.6) is 5.75 Å². The minimum Gasteiger partial charge on any atom is -0.492 e. The lowest BCUT2D eigenvalue weighted by Gasteiger charge is -2.38. The number of ether oxygens (including phenoxy) is 1. The lowest BCUT2D eigenvalue weighted by molar-refractivity contribution is 0.127. The summed E-state index contributed by atoms with van der Waals surface area (Å²) in [4.78, 5) is 30.4. The van der Waals surface area contributed by atoms with Crippen LogP contribution >= 0.6 is 11.5 Å². The highest BCUT2D eigenvalue weighted by Crippen LogP contribution is 2.46. The molecule has 2 aliphatic rings. The minimum absolute atomic E-state index is 0.0328. The molecule has 1 N–H and O–H groups in total. The van der Waals surface area contributed by atoms with Crippen LogP contribution in [0.25, 0.3) is 21.1 Å². The van der Waals surface area contributed by atoms with Crippen LogP contribution in [0.1, 0.15) is 39.2 Å². The Kier molecular flexibility index (Phi) is 4.90. The quantitative estimate of drug-likeness (QED) is 0.631. The molecule has 1 aliphatic carbocycles. The van der Waals surface area contributed by atoms with E-state index in [1.165, 1.54) is 13.2 Å². The first kappa shape index (κ1) is 21.5. The Hall–Kier alpha value is -2.39. The number of benzene rings is 1. The Morgan fingerprint density at radius 1 is 1.25 bits per heavy atom. The molecular weight excluding hydrogens is 431 g/mol. The van der Waals surface area contributed by atoms with Crippen LogP contribution in [0.2, 0.25) is 0 Å². The van der Waals surface area contributed by atoms with Gasteiger partial charge in [-0.1, -0.05) is 0 Å². The van der Waals surface area contributed by atoms with Gasteiger partial charge in [0, 0.05) is 24.7 Å². The van der Waals surface area contributed by atoms with Crippen molar-refractivity contribution in [3.05, 3.63) is 32.5 Å². The van der Waals surface area contributed by atoms with Gasteiger partial charge in [0.25, 0.3) is 5.56 Å². The van der Waals surface area contributed by atoms with Gasteiger partial charge in [0.1, 0.15) is 15.9 Å². The molecule has 3 heterocycles. The zero-order valence-corrected chi connectivity index (χ0v) is 19.9. The summed E-state index contributed by atoms with van der Waals surface area (Å²) in [5.74, 6) is 0.262. The maximum Gasteiger partial charge on any atom is 0.271 e. The van der Waals surface area contributed by atoms with Gasteiger partial charge in [0.05, 0.1) is 18.0 Å². The zero-order chi connectivity index (χ0) is 22.9. The van der Waals surface area contributed by atoms with E-state index < -0.39 is 16.8 Å². The summed E-state index contributed by atoms with van der Waals surface area (Å²) in [5.41, 5.74) is 0.117. The Labute approximate surface area is 189 Å². The number of anilines is 1. The second-order valence-electron chi connectivity index (χ2n) is 9.76. The molecule has 0 spiro atoms. The maximum atomic E-state index is 15.6. The summed E-state index contributed by atoms with van der Waals surface area (Å²) in [5, 5.41) is 0.313. The number of nitrogens with zero attached hydrogens (tertiary/aromatic N) is 3. The molecule has 2 fully saturated rings. The van der Waals surface area contributed by atoms with Crippen molar-refractivity contribution in [2.75, 3.05) is 39.2 Å². The molecule has 2 aromatic heterocycles. The van der Waals surface area contributed by atoms with Gasteiger partial charge in [-0.25, -0.2) is 4.39 Å². The number of fused-ring (bicyclic) bond motifs is 2. The molecule has 1 atom stereocenters. The highest BCUT2D eigenvalue weighted by molar-refractivity contribution is 7.12. The van der Waals surface area contributed by atoms with E-state index in [-0.39, 0.29) is 22.4 Å². The van der Waals surface area contributed by atoms with E-state index in [4.69, 9.17) is 4.74 Å². The van der Waals surface area contributed by atoms with Crippen molar-refractivity contribution in [3.8, 4) is 5.75 Å². The van der Waals surface area contributed by atoms with Gasteiger partial charge < -0.3 is 19.1 Å². The van der Waals surface area contributed by atoms with Gasteiger partial charge in [-0.2, -0.15) is 0 Å². The van der Waals surface area contributed by atoms with Crippen molar-refractivity contribution in [1.29, 1.82) is 0 Å². The van der Waals surface area contributed by atoms with Gasteiger partial charge in [0.15, 0.2) is 11.6 Å². The first-order chi connectivity index (χ1) is 15.2. The van der Waals surface area contributed by atoms with E-state index in [1.807, 2.05) is 4.57 Å². The highest BCUT2D eigenvalue weighted by atomic mass is 32.1. The fourth-order valence-corrected chi connectivity index (χ4v) is 5.91. The van der Waals surface area contributed by atoms with E-state index in [2.05, 4.69) is 42.1 Å². The predicted molar refractivity (Wildman–Crippen MR) is 127 cm³/mol. The van der Waals surface area contributed by atoms with Gasteiger partial charge in [0.2, 0.25) is 5.43 Å². The monoisotopic (exact) mass is 460 g/mol. The smallest absolute Gasteiger partial charge is 0.271 e. The Balaban J connectivity index is 1.75. The van der Waals surface area contributed by atoms with Crippen LogP contribution in [0.4, 0.5) is 10.1 Å². The average molecular weight is 461 g/mol. The first-order valence-corrected chi connectivity index (χ1v) is 11.9. The summed E-state index contributed by atoms with van der Waals surface area (Å²) in [6.45, 7) is 5.85. The molecule has 172 valence electrons. The van der Waals surface area contributed by atoms with Crippen molar-refractivity contribution in [1.82, 2.24) is 13.8 Å². The molecule has 7 nitrogen and oxygen atoms in total. The summed E-state index contributed by atoms with van der Waals surface area (Å²) < 4.78 is 26.1. The van der Waals surface area contributed by atoms with Gasteiger partial charge in [-0.05, 0) is 70.7 Å². The topological polar surface area (TPSA) is 70.6 Å². The van der Waals surface area contributed by atoms with Crippen LogP contribution < -0.4 is 20.6 Å². The van der Waals surface area contributed by atoms with Crippen molar-refractivity contribution in [3.63, 3.8) is 0 Å². The summed E-state index contributed by atoms with van der Waals surface area (Å²) >= 11 is 1.16. The SMILES string of the molecule is COc1c(N2CCC(C(C)(C)N(C)C)C2)c(F)cc2c(=O)c3c(=O)[nH]sc3n(C3CC3)c12. The number of hydrogen-bond acceptors (Lipinski definition) is 6. The molecule has 1 unspecified atom stereocenters. The lowest BCUT2D eigenvalue weighted by atomic mass is 9.86. The Morgan fingerprint density at radius 3 is 2.59 bits per heavy atom. The molecule has 9 heteroatoms. The fourth-order valence-electron chi connectivity index (χ4n) is 4.99. The average Bonchev–Trinajstić information content (AvgIpc) is 3.32. The predicted octanol–water partition coefficient (Wildman–Crippen LogP) is 3.55. The van der Waals surface area contributed by atoms with Crippen molar-refractivity contribution in [2.24, 2.45) is 5.92 Å². The fraction of sp³-hybridized carbons (Fsp3) is 0.565. The van der Waals surface area contributed by atoms with E-state index >= 15 is 4.39 Å². The summed E-state index contributed by atoms with van der Waals surface area (Å²) in [6, 6.07) is 1.48. The Morgan fingerprint density at radius 2 is 1.97 bits per heavy atom. The maximum absolute atomic E-state index is 15.6. The molecule has 5 rings (SSSR count). The Bertz CT molecular complexity index is 1340. The third kappa shape index (κ3) is 3.01. The number of H-pyrrole nitrogens is 1. The van der Waals surface area contributed by atoms with E-state index in [1.54, 1.807) is 0 Å². The van der Waals surface area contributed by atoms with E-state index in [0.717, 1.165) is 30.8 Å². The summed E-state index contributed by atoms with van der Waals surface area (Å²) in [7, 11) is 5.67. The molecule has 32 heavy (non-hydrogen) atoms. The molecular formula is C23H29FN4O3S. The molecule has 0 amide bonds. The minimum atomic E-state index is -0.483. The number of rotatable bonds is 5. The highest BCUT2D eigenvalue weighted by Gasteiger charge is 2.39. The number of nitrogens with one attached hydrogen (secondary N) is 1. The van der Waals surface area contributed by atoms with Gasteiger partial charge in [-0.3, -0.25) is 14.0 Å². The molecule has 1 saturated heterocycles. The number of pyridine rings is 1. The van der Waals surface area contributed by atoms with Gasteiger partial charge >= 0.3 is 0 Å². The van der Waals surface area contributed by atoms with Crippen LogP contribution in [-0.2, 0) is 0 Å². The number of methoxy groups -OCH3 is 1. The van der Waals surface area contributed by atoms with Gasteiger partial charge in [-0.15, -0.1) is 0 Å². The summed E-state index contributed by atoms with van der Waals surface area (Å²) in [6.07, 6.45) is 2.86. The van der Waals surface area contributed by atoms with Crippen molar-refractivity contribution in [2.45, 2.75) is 44.7 Å². The first-order valence-electron chi connectivity index (χ1n) is 11.0. The third-order valence-corrected chi connectivity index (χ3v) is 8.45. The van der Waals surface area contributed by atoms with Crippen LogP contribution in [-0.4, -0.2) is 53.7 Å². The second-order valence-corrected chi connectivity index (χ2v) is 10.6. The molecule has 0 bridgehead atoms. The van der Waals surface area contributed by atoms with Crippen molar-refractivity contribution >= 4 is 38.3 Å². The number of hydrogen-bond donors (Lipinski definition) is 1. The molecule has 0 radical (unpaired) electrons. The van der Waals surface area contributed by atoms with Crippen molar-refractivity contribution < 1.29 is 9.13 Å².